The molecule has 2 aliphatic heterocycles. The molecule has 0 spiro atoms. The second-order valence-electron chi connectivity index (χ2n) is 4.03. The van der Waals surface area contributed by atoms with Crippen LogP contribution in [-0.4, -0.2) is 18.8 Å². The lowest BCUT2D eigenvalue weighted by atomic mass is 10.1. The van der Waals surface area contributed by atoms with Crippen molar-refractivity contribution in [2.75, 3.05) is 6.61 Å². The number of rotatable bonds is 1. The molecule has 1 saturated heterocycles. The van der Waals surface area contributed by atoms with Gasteiger partial charge in [-0.15, -0.1) is 0 Å². The highest BCUT2D eigenvalue weighted by molar-refractivity contribution is 5.16. The zero-order valence-electron chi connectivity index (χ0n) is 8.91. The predicted molar refractivity (Wildman–Crippen MR) is 58.6 cm³/mol. The Kier molecular flexibility index (Phi) is 2.64. The summed E-state index contributed by atoms with van der Waals surface area (Å²) >= 11 is 0. The normalized spacial score (nSPS) is 32.9. The summed E-state index contributed by atoms with van der Waals surface area (Å²) in [5.74, 6) is 0. The van der Waals surface area contributed by atoms with Crippen molar-refractivity contribution >= 4 is 0 Å². The van der Waals surface area contributed by atoms with Crippen LogP contribution in [0.4, 0.5) is 0 Å². The van der Waals surface area contributed by atoms with E-state index in [0.717, 1.165) is 12.0 Å². The van der Waals surface area contributed by atoms with E-state index in [9.17, 15) is 0 Å². The zero-order valence-corrected chi connectivity index (χ0v) is 8.91. The van der Waals surface area contributed by atoms with Gasteiger partial charge in [-0.2, -0.15) is 0 Å². The van der Waals surface area contributed by atoms with Gasteiger partial charge in [0.15, 0.2) is 6.29 Å². The topological polar surface area (TPSA) is 27.7 Å². The average molecular weight is 218 g/mol. The van der Waals surface area contributed by atoms with Crippen molar-refractivity contribution in [2.24, 2.45) is 0 Å². The summed E-state index contributed by atoms with van der Waals surface area (Å²) in [6.45, 7) is 0.592. The fourth-order valence-electron chi connectivity index (χ4n) is 2.04. The lowest BCUT2D eigenvalue weighted by molar-refractivity contribution is -0.259. The number of benzene rings is 1. The van der Waals surface area contributed by atoms with E-state index in [1.165, 1.54) is 0 Å². The number of hydrogen-bond donors (Lipinski definition) is 0. The summed E-state index contributed by atoms with van der Waals surface area (Å²) in [7, 11) is 0. The summed E-state index contributed by atoms with van der Waals surface area (Å²) in [4.78, 5) is 0. The molecule has 3 rings (SSSR count). The summed E-state index contributed by atoms with van der Waals surface area (Å²) < 4.78 is 17.0. The van der Waals surface area contributed by atoms with E-state index in [2.05, 4.69) is 0 Å². The summed E-state index contributed by atoms with van der Waals surface area (Å²) in [6, 6.07) is 10.0. The number of hydrogen-bond acceptors (Lipinski definition) is 3. The highest BCUT2D eigenvalue weighted by Crippen LogP contribution is 2.30. The van der Waals surface area contributed by atoms with Crippen molar-refractivity contribution in [2.45, 2.75) is 24.9 Å². The van der Waals surface area contributed by atoms with E-state index in [4.69, 9.17) is 14.2 Å². The molecule has 0 unspecified atom stereocenters. The Morgan fingerprint density at radius 1 is 1.06 bits per heavy atom. The Bertz CT molecular complexity index is 374. The van der Waals surface area contributed by atoms with Gasteiger partial charge >= 0.3 is 0 Å². The maximum absolute atomic E-state index is 5.88. The smallest absolute Gasteiger partial charge is 0.184 e. The third kappa shape index (κ3) is 1.84. The fraction of sp³-hybridized carbons (Fsp3) is 0.385. The molecular formula is C13H14O3. The van der Waals surface area contributed by atoms with Crippen LogP contribution in [0.25, 0.3) is 0 Å². The van der Waals surface area contributed by atoms with Gasteiger partial charge in [0.2, 0.25) is 0 Å². The largest absolute Gasteiger partial charge is 0.493 e. The Morgan fingerprint density at radius 2 is 1.94 bits per heavy atom. The van der Waals surface area contributed by atoms with E-state index in [1.807, 2.05) is 36.4 Å². The number of ether oxygens (including phenoxy) is 3. The van der Waals surface area contributed by atoms with Crippen molar-refractivity contribution in [3.63, 3.8) is 0 Å². The average Bonchev–Trinajstić information content (AvgIpc) is 2.39. The zero-order chi connectivity index (χ0) is 10.8. The molecule has 0 amide bonds. The molecule has 16 heavy (non-hydrogen) atoms. The highest BCUT2D eigenvalue weighted by Gasteiger charge is 2.34. The standard InChI is InChI=1S/C13H14O3/c1-2-5-10(6-3-1)13-15-9-12-11(16-13)7-4-8-14-12/h1-6,8,11-13H,7,9H2/t11-,12+,13+/m0/s1. The van der Waals surface area contributed by atoms with Gasteiger partial charge in [0.05, 0.1) is 12.9 Å². The molecule has 1 aromatic rings. The Morgan fingerprint density at radius 3 is 2.81 bits per heavy atom. The van der Waals surface area contributed by atoms with E-state index in [0.29, 0.717) is 6.61 Å². The van der Waals surface area contributed by atoms with Crippen molar-refractivity contribution in [1.82, 2.24) is 0 Å². The second-order valence-corrected chi connectivity index (χ2v) is 4.03. The van der Waals surface area contributed by atoms with Crippen molar-refractivity contribution < 1.29 is 14.2 Å². The van der Waals surface area contributed by atoms with Crippen LogP contribution in [-0.2, 0) is 14.2 Å². The molecule has 3 heteroatoms. The minimum Gasteiger partial charge on any atom is -0.493 e. The van der Waals surface area contributed by atoms with Crippen molar-refractivity contribution in [1.29, 1.82) is 0 Å². The molecule has 2 heterocycles. The molecular weight excluding hydrogens is 204 g/mol. The first kappa shape index (κ1) is 9.87. The first-order valence-corrected chi connectivity index (χ1v) is 5.56. The third-order valence-electron chi connectivity index (χ3n) is 2.91. The van der Waals surface area contributed by atoms with Gasteiger partial charge in [-0.3, -0.25) is 0 Å². The second kappa shape index (κ2) is 4.28. The van der Waals surface area contributed by atoms with Gasteiger partial charge in [0, 0.05) is 5.56 Å². The van der Waals surface area contributed by atoms with Crippen molar-refractivity contribution in [3.8, 4) is 0 Å². The molecule has 1 fully saturated rings. The van der Waals surface area contributed by atoms with E-state index in [1.54, 1.807) is 6.26 Å². The van der Waals surface area contributed by atoms with Gasteiger partial charge in [-0.1, -0.05) is 30.3 Å². The summed E-state index contributed by atoms with van der Waals surface area (Å²) in [5, 5.41) is 0. The fourth-order valence-corrected chi connectivity index (χ4v) is 2.04. The lowest BCUT2D eigenvalue weighted by Gasteiger charge is -2.37. The Labute approximate surface area is 94.6 Å². The summed E-state index contributed by atoms with van der Waals surface area (Å²) in [5.41, 5.74) is 1.07. The maximum Gasteiger partial charge on any atom is 0.184 e. The van der Waals surface area contributed by atoms with E-state index >= 15 is 0 Å². The molecule has 0 saturated carbocycles. The predicted octanol–water partition coefficient (Wildman–Crippen LogP) is 2.40. The van der Waals surface area contributed by atoms with Crippen LogP contribution >= 0.6 is 0 Å². The van der Waals surface area contributed by atoms with Gasteiger partial charge in [-0.25, -0.2) is 0 Å². The van der Waals surface area contributed by atoms with Crippen molar-refractivity contribution in [3.05, 3.63) is 48.2 Å². The van der Waals surface area contributed by atoms with Crippen LogP contribution in [0.1, 0.15) is 18.3 Å². The van der Waals surface area contributed by atoms with Crippen LogP contribution in [0, 0.1) is 0 Å². The minimum atomic E-state index is -0.252. The van der Waals surface area contributed by atoms with Gasteiger partial charge in [-0.05, 0) is 12.5 Å². The summed E-state index contributed by atoms with van der Waals surface area (Å²) in [6.07, 6.45) is 4.54. The van der Waals surface area contributed by atoms with Gasteiger partial charge in [0.1, 0.15) is 12.2 Å². The van der Waals surface area contributed by atoms with Gasteiger partial charge < -0.3 is 14.2 Å². The first-order valence-electron chi connectivity index (χ1n) is 5.56. The Balaban J connectivity index is 1.74. The molecule has 0 aromatic heterocycles. The number of fused-ring (bicyclic) bond motifs is 1. The van der Waals surface area contributed by atoms with E-state index < -0.39 is 0 Å². The molecule has 3 nitrogen and oxygen atoms in total. The highest BCUT2D eigenvalue weighted by atomic mass is 16.7. The van der Waals surface area contributed by atoms with Crippen LogP contribution in [0.5, 0.6) is 0 Å². The molecule has 84 valence electrons. The SMILES string of the molecule is C1=CO[C@@H]2CO[C@@H](c3ccccc3)O[C@H]2C1. The molecule has 1 aromatic carbocycles. The lowest BCUT2D eigenvalue weighted by Crippen LogP contribution is -2.42. The van der Waals surface area contributed by atoms with Gasteiger partial charge in [0.25, 0.3) is 0 Å². The van der Waals surface area contributed by atoms with Crippen LogP contribution in [0.3, 0.4) is 0 Å². The minimum absolute atomic E-state index is 0.0463. The molecule has 0 aliphatic carbocycles. The molecule has 0 bridgehead atoms. The first-order chi connectivity index (χ1) is 7.93. The maximum atomic E-state index is 5.88. The quantitative estimate of drug-likeness (QED) is 0.724. The molecule has 0 N–H and O–H groups in total. The van der Waals surface area contributed by atoms with Crippen LogP contribution in [0.15, 0.2) is 42.7 Å². The van der Waals surface area contributed by atoms with E-state index in [-0.39, 0.29) is 18.5 Å². The molecule has 0 radical (unpaired) electrons. The Hall–Kier alpha value is -1.32. The van der Waals surface area contributed by atoms with Crippen LogP contribution < -0.4 is 0 Å². The monoisotopic (exact) mass is 218 g/mol. The van der Waals surface area contributed by atoms with Crippen LogP contribution in [0.2, 0.25) is 0 Å². The molecule has 2 aliphatic rings. The molecule has 3 atom stereocenters. The third-order valence-corrected chi connectivity index (χ3v) is 2.91.